The zero-order valence-corrected chi connectivity index (χ0v) is 27.9. The van der Waals surface area contributed by atoms with E-state index in [1.54, 1.807) is 7.11 Å². The first-order chi connectivity index (χ1) is 21.7. The molecular formula is C37H46ClN3O4. The van der Waals surface area contributed by atoms with Gasteiger partial charge in [-0.05, 0) is 117 Å². The van der Waals surface area contributed by atoms with E-state index in [2.05, 4.69) is 24.1 Å². The summed E-state index contributed by atoms with van der Waals surface area (Å²) < 4.78 is 12.0. The fraction of sp³-hybridized carbons (Fsp3) is 0.459. The van der Waals surface area contributed by atoms with Gasteiger partial charge in [0, 0.05) is 29.9 Å². The molecular weight excluding hydrogens is 586 g/mol. The average molecular weight is 632 g/mol. The predicted octanol–water partition coefficient (Wildman–Crippen LogP) is 7.38. The smallest absolute Gasteiger partial charge is 0.232 e. The molecule has 5 rings (SSSR count). The number of carbonyl (C=O) groups is 2. The van der Waals surface area contributed by atoms with Gasteiger partial charge in [-0.25, -0.2) is 0 Å². The number of halogens is 1. The van der Waals surface area contributed by atoms with Crippen LogP contribution >= 0.6 is 11.6 Å². The van der Waals surface area contributed by atoms with E-state index in [9.17, 15) is 9.59 Å². The second-order valence-corrected chi connectivity index (χ2v) is 12.7. The van der Waals surface area contributed by atoms with E-state index < -0.39 is 0 Å². The normalized spacial score (nSPS) is 18.2. The number of rotatable bonds is 12. The van der Waals surface area contributed by atoms with Crippen LogP contribution in [-0.4, -0.2) is 51.1 Å². The van der Waals surface area contributed by atoms with E-state index in [1.807, 2.05) is 79.5 Å². The molecule has 3 unspecified atom stereocenters. The number of Topliss-reactive ketones (excluding diaryl/α,β-unsaturated/α-hetero) is 1. The van der Waals surface area contributed by atoms with Crippen LogP contribution in [0.4, 0.5) is 11.4 Å². The molecule has 0 aromatic heterocycles. The van der Waals surface area contributed by atoms with Gasteiger partial charge in [0.15, 0.2) is 17.3 Å². The van der Waals surface area contributed by atoms with E-state index in [0.29, 0.717) is 34.6 Å². The van der Waals surface area contributed by atoms with Crippen molar-refractivity contribution in [2.75, 3.05) is 37.0 Å². The molecule has 1 saturated heterocycles. The lowest BCUT2D eigenvalue weighted by Crippen LogP contribution is -2.47. The largest absolute Gasteiger partial charge is 0.493 e. The Morgan fingerprint density at radius 2 is 1.73 bits per heavy atom. The van der Waals surface area contributed by atoms with Crippen LogP contribution in [-0.2, 0) is 16.0 Å². The Morgan fingerprint density at radius 3 is 2.36 bits per heavy atom. The molecule has 45 heavy (non-hydrogen) atoms. The van der Waals surface area contributed by atoms with Gasteiger partial charge in [0.1, 0.15) is 0 Å². The Balaban J connectivity index is 1.53. The van der Waals surface area contributed by atoms with Crippen LogP contribution < -0.4 is 24.6 Å². The topological polar surface area (TPSA) is 71.1 Å². The molecule has 0 aliphatic carbocycles. The molecule has 2 heterocycles. The minimum Gasteiger partial charge on any atom is -0.493 e. The highest BCUT2D eigenvalue weighted by Gasteiger charge is 2.37. The summed E-state index contributed by atoms with van der Waals surface area (Å²) in [6, 6.07) is 19.2. The maximum atomic E-state index is 14.0. The first-order valence-corrected chi connectivity index (χ1v) is 16.6. The van der Waals surface area contributed by atoms with Crippen molar-refractivity contribution >= 4 is 34.7 Å². The molecule has 2 aliphatic heterocycles. The number of fused-ring (bicyclic) bond motifs is 1. The number of ketones is 1. The van der Waals surface area contributed by atoms with Gasteiger partial charge in [-0.2, -0.15) is 0 Å². The summed E-state index contributed by atoms with van der Waals surface area (Å²) in [6.07, 6.45) is 4.50. The fourth-order valence-electron chi connectivity index (χ4n) is 6.73. The van der Waals surface area contributed by atoms with E-state index in [-0.39, 0.29) is 30.5 Å². The van der Waals surface area contributed by atoms with Crippen LogP contribution in [0.3, 0.4) is 0 Å². The standard InChI is InChI=1S/C37H46ClN3O4/c1-6-8-32(42)37(26-17-19-39-20-18-26)40(4)29-13-15-30(16-14-29)41-35(43)22-27-21-33(44-5)34(45-24(3)7-2)23-31(27)36(41)25-9-11-28(38)12-10-25/h9-16,21,23-24,26,36-37,39H,6-8,17-20,22H2,1-5H3. The summed E-state index contributed by atoms with van der Waals surface area (Å²) in [4.78, 5) is 31.4. The van der Waals surface area contributed by atoms with Crippen molar-refractivity contribution in [3.8, 4) is 11.5 Å². The van der Waals surface area contributed by atoms with E-state index in [4.69, 9.17) is 21.1 Å². The summed E-state index contributed by atoms with van der Waals surface area (Å²) in [5, 5.41) is 4.06. The van der Waals surface area contributed by atoms with Crippen molar-refractivity contribution in [1.29, 1.82) is 0 Å². The summed E-state index contributed by atoms with van der Waals surface area (Å²) in [7, 11) is 3.66. The molecule has 2 aliphatic rings. The van der Waals surface area contributed by atoms with Crippen molar-refractivity contribution in [2.45, 2.75) is 77.5 Å². The highest BCUT2D eigenvalue weighted by atomic mass is 35.5. The molecule has 240 valence electrons. The molecule has 0 spiro atoms. The molecule has 1 fully saturated rings. The van der Waals surface area contributed by atoms with Gasteiger partial charge in [-0.15, -0.1) is 0 Å². The number of piperidine rings is 1. The van der Waals surface area contributed by atoms with Crippen molar-refractivity contribution in [3.63, 3.8) is 0 Å². The highest BCUT2D eigenvalue weighted by Crippen LogP contribution is 2.44. The van der Waals surface area contributed by atoms with Gasteiger partial charge in [-0.3, -0.25) is 9.59 Å². The number of nitrogens with one attached hydrogen (secondary N) is 1. The molecule has 3 atom stereocenters. The molecule has 0 saturated carbocycles. The number of anilines is 2. The number of hydrogen-bond donors (Lipinski definition) is 1. The third kappa shape index (κ3) is 7.15. The number of hydrogen-bond acceptors (Lipinski definition) is 6. The number of benzene rings is 3. The number of ether oxygens (including phenoxy) is 2. The van der Waals surface area contributed by atoms with Crippen LogP contribution in [0, 0.1) is 5.92 Å². The summed E-state index contributed by atoms with van der Waals surface area (Å²) in [6.45, 7) is 8.06. The molecule has 3 aromatic carbocycles. The van der Waals surface area contributed by atoms with Crippen LogP contribution in [0.5, 0.6) is 11.5 Å². The molecule has 0 radical (unpaired) electrons. The van der Waals surface area contributed by atoms with E-state index >= 15 is 0 Å². The van der Waals surface area contributed by atoms with Crippen LogP contribution in [0.2, 0.25) is 5.02 Å². The second kappa shape index (κ2) is 14.7. The van der Waals surface area contributed by atoms with Gasteiger partial charge in [-0.1, -0.05) is 37.6 Å². The quantitative estimate of drug-likeness (QED) is 0.225. The van der Waals surface area contributed by atoms with Crippen LogP contribution in [0.25, 0.3) is 0 Å². The Hall–Kier alpha value is -3.55. The first-order valence-electron chi connectivity index (χ1n) is 16.3. The van der Waals surface area contributed by atoms with Gasteiger partial charge in [0.2, 0.25) is 5.91 Å². The Labute approximate surface area is 272 Å². The number of nitrogens with zero attached hydrogens (tertiary/aromatic N) is 2. The summed E-state index contributed by atoms with van der Waals surface area (Å²) >= 11 is 6.29. The molecule has 8 heteroatoms. The lowest BCUT2D eigenvalue weighted by Gasteiger charge is -2.39. The highest BCUT2D eigenvalue weighted by molar-refractivity contribution is 6.30. The molecule has 3 aromatic rings. The number of amides is 1. The number of likely N-dealkylation sites (N-methyl/N-ethyl adjacent to an activating group) is 1. The van der Waals surface area contributed by atoms with E-state index in [1.165, 1.54) is 0 Å². The zero-order valence-electron chi connectivity index (χ0n) is 27.1. The Morgan fingerprint density at radius 1 is 1.04 bits per heavy atom. The third-order valence-electron chi connectivity index (χ3n) is 9.29. The molecule has 1 N–H and O–H groups in total. The van der Waals surface area contributed by atoms with Crippen molar-refractivity contribution in [2.24, 2.45) is 5.92 Å². The SMILES string of the molecule is CCCC(=O)C(C1CCNCC1)N(C)c1ccc(N2C(=O)Cc3cc(OC)c(OC(C)CC)cc3C2c2ccc(Cl)cc2)cc1. The van der Waals surface area contributed by atoms with Gasteiger partial charge < -0.3 is 24.6 Å². The molecule has 1 amide bonds. The van der Waals surface area contributed by atoms with Gasteiger partial charge in [0.05, 0.1) is 31.7 Å². The average Bonchev–Trinajstić information content (AvgIpc) is 3.05. The Bertz CT molecular complexity index is 1470. The first kappa shape index (κ1) is 32.8. The summed E-state index contributed by atoms with van der Waals surface area (Å²) in [5.41, 5.74) is 4.62. The van der Waals surface area contributed by atoms with E-state index in [0.717, 1.165) is 66.8 Å². The molecule has 0 bridgehead atoms. The Kier molecular flexibility index (Phi) is 10.7. The monoisotopic (exact) mass is 631 g/mol. The van der Waals surface area contributed by atoms with Crippen molar-refractivity contribution in [1.82, 2.24) is 5.32 Å². The third-order valence-corrected chi connectivity index (χ3v) is 9.54. The summed E-state index contributed by atoms with van der Waals surface area (Å²) in [5.74, 6) is 1.89. The zero-order chi connectivity index (χ0) is 32.1. The number of methoxy groups -OCH3 is 1. The minimum absolute atomic E-state index is 0.00749. The predicted molar refractivity (Wildman–Crippen MR) is 182 cm³/mol. The van der Waals surface area contributed by atoms with Crippen LogP contribution in [0.15, 0.2) is 60.7 Å². The maximum absolute atomic E-state index is 14.0. The van der Waals surface area contributed by atoms with Gasteiger partial charge in [0.25, 0.3) is 0 Å². The second-order valence-electron chi connectivity index (χ2n) is 12.3. The fourth-order valence-corrected chi connectivity index (χ4v) is 6.86. The van der Waals surface area contributed by atoms with Crippen molar-refractivity contribution < 1.29 is 19.1 Å². The van der Waals surface area contributed by atoms with Crippen molar-refractivity contribution in [3.05, 3.63) is 82.4 Å². The maximum Gasteiger partial charge on any atom is 0.232 e. The lowest BCUT2D eigenvalue weighted by molar-refractivity contribution is -0.121. The van der Waals surface area contributed by atoms with Crippen LogP contribution in [0.1, 0.15) is 75.6 Å². The number of carbonyl (C=O) groups excluding carboxylic acids is 2. The lowest BCUT2D eigenvalue weighted by atomic mass is 9.85. The van der Waals surface area contributed by atoms with Gasteiger partial charge >= 0.3 is 0 Å². The minimum atomic E-state index is -0.388. The molecule has 7 nitrogen and oxygen atoms in total.